The van der Waals surface area contributed by atoms with Gasteiger partial charge < -0.3 is 14.8 Å². The molecule has 1 N–H and O–H groups in total. The van der Waals surface area contributed by atoms with Gasteiger partial charge >= 0.3 is 11.9 Å². The van der Waals surface area contributed by atoms with Gasteiger partial charge in [0, 0.05) is 11.3 Å². The van der Waals surface area contributed by atoms with Gasteiger partial charge in [-0.3, -0.25) is 9.59 Å². The number of ether oxygens (including phenoxy) is 2. The Balaban J connectivity index is 1.89. The molecule has 1 aromatic rings. The molecular weight excluding hydrogens is 330 g/mol. The second kappa shape index (κ2) is 8.28. The predicted molar refractivity (Wildman–Crippen MR) is 91.3 cm³/mol. The molecule has 24 heavy (non-hydrogen) atoms. The van der Waals surface area contributed by atoms with E-state index in [2.05, 4.69) is 5.32 Å². The minimum atomic E-state index is -0.495. The Morgan fingerprint density at radius 3 is 2.50 bits per heavy atom. The van der Waals surface area contributed by atoms with Crippen LogP contribution in [0.1, 0.15) is 52.9 Å². The van der Waals surface area contributed by atoms with E-state index in [9.17, 15) is 14.4 Å². The van der Waals surface area contributed by atoms with Gasteiger partial charge in [-0.25, -0.2) is 4.79 Å². The molecule has 0 aliphatic heterocycles. The number of esters is 2. The number of nitrogens with one attached hydrogen (secondary N) is 1. The van der Waals surface area contributed by atoms with E-state index in [4.69, 9.17) is 9.47 Å². The summed E-state index contributed by atoms with van der Waals surface area (Å²) in [6, 6.07) is 0. The lowest BCUT2D eigenvalue weighted by Crippen LogP contribution is -2.22. The largest absolute Gasteiger partial charge is 0.465 e. The second-order valence-electron chi connectivity index (χ2n) is 6.04. The summed E-state index contributed by atoms with van der Waals surface area (Å²) in [5, 5.41) is 3.06. The lowest BCUT2D eigenvalue weighted by molar-refractivity contribution is -0.148. The number of hydrogen-bond donors (Lipinski definition) is 1. The highest BCUT2D eigenvalue weighted by Crippen LogP contribution is 2.33. The van der Waals surface area contributed by atoms with E-state index in [-0.39, 0.29) is 12.6 Å². The summed E-state index contributed by atoms with van der Waals surface area (Å²) in [5.74, 6) is -0.913. The van der Waals surface area contributed by atoms with Crippen LogP contribution in [-0.4, -0.2) is 31.6 Å². The van der Waals surface area contributed by atoms with Gasteiger partial charge in [0.15, 0.2) is 6.61 Å². The van der Waals surface area contributed by atoms with Crippen molar-refractivity contribution in [3.63, 3.8) is 0 Å². The third-order valence-electron chi connectivity index (χ3n) is 4.32. The summed E-state index contributed by atoms with van der Waals surface area (Å²) in [6.07, 6.45) is 4.80. The molecule has 1 amide bonds. The molecule has 0 aromatic carbocycles. The Morgan fingerprint density at radius 1 is 1.21 bits per heavy atom. The van der Waals surface area contributed by atoms with Crippen LogP contribution in [-0.2, 0) is 19.1 Å². The Morgan fingerprint density at radius 2 is 1.88 bits per heavy atom. The normalized spacial score (nSPS) is 14.5. The monoisotopic (exact) mass is 353 g/mol. The maximum atomic E-state index is 12.0. The van der Waals surface area contributed by atoms with Crippen LogP contribution in [0, 0.1) is 19.8 Å². The fraction of sp³-hybridized carbons (Fsp3) is 0.588. The van der Waals surface area contributed by atoms with Gasteiger partial charge in [0.25, 0.3) is 5.91 Å². The van der Waals surface area contributed by atoms with E-state index < -0.39 is 11.9 Å². The van der Waals surface area contributed by atoms with Crippen molar-refractivity contribution >= 4 is 34.2 Å². The maximum absolute atomic E-state index is 12.0. The van der Waals surface area contributed by atoms with E-state index in [1.54, 1.807) is 6.92 Å². The number of thiophene rings is 1. The molecule has 1 heterocycles. The van der Waals surface area contributed by atoms with Gasteiger partial charge in [0.1, 0.15) is 5.00 Å². The zero-order valence-electron chi connectivity index (χ0n) is 14.3. The molecule has 1 aromatic heterocycles. The number of carbonyl (C=O) groups excluding carboxylic acids is 3. The molecule has 1 saturated carbocycles. The molecule has 0 atom stereocenters. The molecule has 6 nitrogen and oxygen atoms in total. The molecule has 1 aliphatic rings. The van der Waals surface area contributed by atoms with Gasteiger partial charge in [0.2, 0.25) is 0 Å². The van der Waals surface area contributed by atoms with Crippen molar-refractivity contribution in [2.24, 2.45) is 5.92 Å². The first-order valence-corrected chi connectivity index (χ1v) is 8.87. The molecule has 0 radical (unpaired) electrons. The topological polar surface area (TPSA) is 81.7 Å². The smallest absolute Gasteiger partial charge is 0.341 e. The van der Waals surface area contributed by atoms with Crippen molar-refractivity contribution in [1.29, 1.82) is 0 Å². The first-order chi connectivity index (χ1) is 11.4. The molecule has 132 valence electrons. The van der Waals surface area contributed by atoms with Crippen LogP contribution < -0.4 is 5.32 Å². The molecule has 1 fully saturated rings. The molecule has 1 aliphatic carbocycles. The predicted octanol–water partition coefficient (Wildman–Crippen LogP) is 3.21. The van der Waals surface area contributed by atoms with Crippen LogP contribution in [0.15, 0.2) is 0 Å². The molecule has 0 spiro atoms. The Hall–Kier alpha value is -1.89. The van der Waals surface area contributed by atoms with Crippen molar-refractivity contribution < 1.29 is 23.9 Å². The minimum absolute atomic E-state index is 0.344. The van der Waals surface area contributed by atoms with Gasteiger partial charge in [-0.2, -0.15) is 0 Å². The highest BCUT2D eigenvalue weighted by atomic mass is 32.1. The molecule has 0 saturated heterocycles. The van der Waals surface area contributed by atoms with Gasteiger partial charge in [-0.15, -0.1) is 11.3 Å². The van der Waals surface area contributed by atoms with Crippen molar-refractivity contribution in [2.45, 2.75) is 46.0 Å². The van der Waals surface area contributed by atoms with Crippen LogP contribution >= 0.6 is 11.3 Å². The summed E-state index contributed by atoms with van der Waals surface area (Å²) in [4.78, 5) is 36.5. The number of aryl methyl sites for hydroxylation is 1. The van der Waals surface area contributed by atoms with Crippen LogP contribution in [0.5, 0.6) is 0 Å². The standard InChI is InChI=1S/C17H23NO5S/c1-10-11(2)24-16(15(10)17(21)22-3)18-13(19)9-23-14(20)8-12-6-4-5-7-12/h12H,4-9H2,1-3H3,(H,18,19). The third-order valence-corrected chi connectivity index (χ3v) is 5.44. The number of rotatable bonds is 6. The van der Waals surface area contributed by atoms with Crippen molar-refractivity contribution in [3.8, 4) is 0 Å². The lowest BCUT2D eigenvalue weighted by Gasteiger charge is -2.09. The fourth-order valence-electron chi connectivity index (χ4n) is 2.88. The van der Waals surface area contributed by atoms with Crippen molar-refractivity contribution in [2.75, 3.05) is 19.0 Å². The molecule has 7 heteroatoms. The number of anilines is 1. The van der Waals surface area contributed by atoms with E-state index in [0.29, 0.717) is 22.9 Å². The van der Waals surface area contributed by atoms with Gasteiger partial charge in [-0.05, 0) is 38.2 Å². The Bertz CT molecular complexity index is 631. The first kappa shape index (κ1) is 18.4. The SMILES string of the molecule is COC(=O)c1c(NC(=O)COC(=O)CC2CCCC2)sc(C)c1C. The third kappa shape index (κ3) is 4.56. The van der Waals surface area contributed by atoms with Crippen molar-refractivity contribution in [1.82, 2.24) is 0 Å². The van der Waals surface area contributed by atoms with E-state index in [1.165, 1.54) is 18.4 Å². The molecule has 0 unspecified atom stereocenters. The fourth-order valence-corrected chi connectivity index (χ4v) is 3.95. The van der Waals surface area contributed by atoms with Gasteiger partial charge in [0.05, 0.1) is 12.7 Å². The summed E-state index contributed by atoms with van der Waals surface area (Å²) in [6.45, 7) is 3.32. The summed E-state index contributed by atoms with van der Waals surface area (Å²) < 4.78 is 9.80. The van der Waals surface area contributed by atoms with E-state index in [1.807, 2.05) is 6.92 Å². The van der Waals surface area contributed by atoms with E-state index >= 15 is 0 Å². The summed E-state index contributed by atoms with van der Waals surface area (Å²) in [7, 11) is 1.30. The summed E-state index contributed by atoms with van der Waals surface area (Å²) >= 11 is 1.30. The van der Waals surface area contributed by atoms with Crippen LogP contribution in [0.3, 0.4) is 0 Å². The Kier molecular flexibility index (Phi) is 6.36. The van der Waals surface area contributed by atoms with Gasteiger partial charge in [-0.1, -0.05) is 12.8 Å². The number of carbonyl (C=O) groups is 3. The zero-order chi connectivity index (χ0) is 17.7. The molecule has 0 bridgehead atoms. The highest BCUT2D eigenvalue weighted by Gasteiger charge is 2.23. The average molecular weight is 353 g/mol. The van der Waals surface area contributed by atoms with Crippen LogP contribution in [0.25, 0.3) is 0 Å². The first-order valence-electron chi connectivity index (χ1n) is 8.06. The summed E-state index contributed by atoms with van der Waals surface area (Å²) in [5.41, 5.74) is 1.13. The zero-order valence-corrected chi connectivity index (χ0v) is 15.1. The number of methoxy groups -OCH3 is 1. The minimum Gasteiger partial charge on any atom is -0.465 e. The van der Waals surface area contributed by atoms with Crippen LogP contribution in [0.2, 0.25) is 0 Å². The number of amides is 1. The number of hydrogen-bond acceptors (Lipinski definition) is 6. The molecular formula is C17H23NO5S. The lowest BCUT2D eigenvalue weighted by atomic mass is 10.1. The van der Waals surface area contributed by atoms with Crippen molar-refractivity contribution in [3.05, 3.63) is 16.0 Å². The molecule has 2 rings (SSSR count). The second-order valence-corrected chi connectivity index (χ2v) is 7.27. The van der Waals surface area contributed by atoms with Crippen LogP contribution in [0.4, 0.5) is 5.00 Å². The van der Waals surface area contributed by atoms with E-state index in [0.717, 1.165) is 36.1 Å². The highest BCUT2D eigenvalue weighted by molar-refractivity contribution is 7.16. The Labute approximate surface area is 145 Å². The average Bonchev–Trinajstić information content (AvgIpc) is 3.14. The quantitative estimate of drug-likeness (QED) is 0.794. The maximum Gasteiger partial charge on any atom is 0.341 e.